The average Bonchev–Trinajstić information content (AvgIpc) is 3.15. The molecule has 1 aromatic carbocycles. The minimum atomic E-state index is -3.82. The second kappa shape index (κ2) is 9.15. The monoisotopic (exact) mass is 461 g/mol. The summed E-state index contributed by atoms with van der Waals surface area (Å²) < 4.78 is 28.9. The quantitative estimate of drug-likeness (QED) is 0.563. The lowest BCUT2D eigenvalue weighted by atomic mass is 10.1. The van der Waals surface area contributed by atoms with E-state index in [-0.39, 0.29) is 6.54 Å². The van der Waals surface area contributed by atoms with Gasteiger partial charge in [-0.3, -0.25) is 9.52 Å². The number of pyridine rings is 1. The van der Waals surface area contributed by atoms with Crippen LogP contribution in [-0.4, -0.2) is 42.6 Å². The standard InChI is InChI=1S/C21H24ClN5O3S/c22-16-4-9-20-24-18(14-27(20)13-16)12-23-21(28)15-31(29,30)25-17-5-7-19(8-6-17)26-10-2-1-3-11-26/h4-9,13-14,25H,1-3,10-12,15H2,(H,23,28). The highest BCUT2D eigenvalue weighted by Crippen LogP contribution is 2.22. The molecule has 31 heavy (non-hydrogen) atoms. The first-order valence-corrected chi connectivity index (χ1v) is 12.2. The van der Waals surface area contributed by atoms with E-state index in [1.54, 1.807) is 41.1 Å². The molecular formula is C21H24ClN5O3S. The fraction of sp³-hybridized carbons (Fsp3) is 0.333. The van der Waals surface area contributed by atoms with Crippen molar-refractivity contribution in [1.29, 1.82) is 0 Å². The Labute approximate surface area is 186 Å². The number of halogens is 1. The normalized spacial score (nSPS) is 14.5. The molecule has 10 heteroatoms. The third-order valence-corrected chi connectivity index (χ3v) is 6.53. The maximum Gasteiger partial charge on any atom is 0.241 e. The summed E-state index contributed by atoms with van der Waals surface area (Å²) in [6.07, 6.45) is 7.04. The number of nitrogens with zero attached hydrogens (tertiary/aromatic N) is 3. The van der Waals surface area contributed by atoms with Gasteiger partial charge in [0, 0.05) is 36.9 Å². The molecule has 1 amide bonds. The number of imidazole rings is 1. The first kappa shape index (κ1) is 21.5. The van der Waals surface area contributed by atoms with E-state index in [4.69, 9.17) is 11.6 Å². The topological polar surface area (TPSA) is 95.8 Å². The molecule has 0 saturated carbocycles. The van der Waals surface area contributed by atoms with Crippen LogP contribution in [0.5, 0.6) is 0 Å². The summed E-state index contributed by atoms with van der Waals surface area (Å²) in [5.41, 5.74) is 2.81. The maximum atomic E-state index is 12.4. The largest absolute Gasteiger partial charge is 0.372 e. The fourth-order valence-corrected chi connectivity index (χ4v) is 4.81. The van der Waals surface area contributed by atoms with E-state index in [9.17, 15) is 13.2 Å². The zero-order valence-electron chi connectivity index (χ0n) is 16.9. The lowest BCUT2D eigenvalue weighted by Gasteiger charge is -2.28. The lowest BCUT2D eigenvalue weighted by Crippen LogP contribution is -2.32. The van der Waals surface area contributed by atoms with E-state index in [1.807, 2.05) is 12.1 Å². The molecule has 1 saturated heterocycles. The minimum absolute atomic E-state index is 0.123. The van der Waals surface area contributed by atoms with Crippen LogP contribution in [0.4, 0.5) is 11.4 Å². The number of anilines is 2. The van der Waals surface area contributed by atoms with E-state index < -0.39 is 21.7 Å². The molecule has 4 rings (SSSR count). The van der Waals surface area contributed by atoms with Gasteiger partial charge in [0.05, 0.1) is 17.3 Å². The number of amides is 1. The molecule has 3 aromatic rings. The average molecular weight is 462 g/mol. The second-order valence-electron chi connectivity index (χ2n) is 7.58. The number of rotatable bonds is 7. The Morgan fingerprint density at radius 1 is 1.03 bits per heavy atom. The summed E-state index contributed by atoms with van der Waals surface area (Å²) >= 11 is 5.95. The van der Waals surface area contributed by atoms with Crippen molar-refractivity contribution in [2.45, 2.75) is 25.8 Å². The predicted molar refractivity (Wildman–Crippen MR) is 122 cm³/mol. The van der Waals surface area contributed by atoms with Crippen molar-refractivity contribution < 1.29 is 13.2 Å². The summed E-state index contributed by atoms with van der Waals surface area (Å²) in [6, 6.07) is 10.7. The number of sulfonamides is 1. The van der Waals surface area contributed by atoms with Gasteiger partial charge in [-0.25, -0.2) is 13.4 Å². The molecule has 1 fully saturated rings. The molecule has 0 unspecified atom stereocenters. The third-order valence-electron chi connectivity index (χ3n) is 5.11. The Morgan fingerprint density at radius 2 is 1.77 bits per heavy atom. The van der Waals surface area contributed by atoms with Crippen molar-refractivity contribution in [1.82, 2.24) is 14.7 Å². The van der Waals surface area contributed by atoms with Gasteiger partial charge in [-0.05, 0) is 55.7 Å². The molecule has 0 radical (unpaired) electrons. The highest BCUT2D eigenvalue weighted by Gasteiger charge is 2.17. The SMILES string of the molecule is O=C(CS(=O)(=O)Nc1ccc(N2CCCCC2)cc1)NCc1cn2cc(Cl)ccc2n1. The number of benzene rings is 1. The van der Waals surface area contributed by atoms with Crippen LogP contribution in [0, 0.1) is 0 Å². The Kier molecular flexibility index (Phi) is 6.33. The van der Waals surface area contributed by atoms with Gasteiger partial charge in [0.25, 0.3) is 0 Å². The molecule has 164 valence electrons. The van der Waals surface area contributed by atoms with Crippen LogP contribution >= 0.6 is 11.6 Å². The smallest absolute Gasteiger partial charge is 0.241 e. The van der Waals surface area contributed by atoms with Crippen molar-refractivity contribution in [3.05, 3.63) is 59.5 Å². The Balaban J connectivity index is 1.30. The van der Waals surface area contributed by atoms with Crippen molar-refractivity contribution >= 4 is 44.6 Å². The molecule has 0 bridgehead atoms. The van der Waals surface area contributed by atoms with Crippen molar-refractivity contribution in [3.63, 3.8) is 0 Å². The first-order valence-electron chi connectivity index (χ1n) is 10.1. The number of hydrogen-bond donors (Lipinski definition) is 2. The number of piperidine rings is 1. The van der Waals surface area contributed by atoms with Gasteiger partial charge >= 0.3 is 0 Å². The van der Waals surface area contributed by atoms with Crippen molar-refractivity contribution in [3.8, 4) is 0 Å². The first-order chi connectivity index (χ1) is 14.9. The lowest BCUT2D eigenvalue weighted by molar-refractivity contribution is -0.118. The molecule has 2 N–H and O–H groups in total. The zero-order chi connectivity index (χ0) is 21.8. The van der Waals surface area contributed by atoms with Crippen LogP contribution in [0.1, 0.15) is 25.0 Å². The van der Waals surface area contributed by atoms with E-state index in [1.165, 1.54) is 19.3 Å². The van der Waals surface area contributed by atoms with Crippen LogP contribution in [0.15, 0.2) is 48.8 Å². The van der Waals surface area contributed by atoms with Gasteiger partial charge in [-0.1, -0.05) is 11.6 Å². The number of carbonyl (C=O) groups excluding carboxylic acids is 1. The summed E-state index contributed by atoms with van der Waals surface area (Å²) in [5, 5.41) is 3.17. The van der Waals surface area contributed by atoms with Gasteiger partial charge in [0.1, 0.15) is 11.4 Å². The Bertz CT molecular complexity index is 1170. The minimum Gasteiger partial charge on any atom is -0.372 e. The molecule has 3 heterocycles. The number of hydrogen-bond acceptors (Lipinski definition) is 5. The van der Waals surface area contributed by atoms with Gasteiger partial charge in [-0.15, -0.1) is 0 Å². The number of fused-ring (bicyclic) bond motifs is 1. The van der Waals surface area contributed by atoms with E-state index in [2.05, 4.69) is 19.9 Å². The van der Waals surface area contributed by atoms with Gasteiger partial charge in [-0.2, -0.15) is 0 Å². The van der Waals surface area contributed by atoms with Gasteiger partial charge < -0.3 is 14.6 Å². The van der Waals surface area contributed by atoms with Crippen LogP contribution in [0.2, 0.25) is 5.02 Å². The number of carbonyl (C=O) groups is 1. The molecule has 0 atom stereocenters. The summed E-state index contributed by atoms with van der Waals surface area (Å²) in [5.74, 6) is -1.27. The van der Waals surface area contributed by atoms with Crippen molar-refractivity contribution in [2.24, 2.45) is 0 Å². The molecule has 1 aliphatic heterocycles. The van der Waals surface area contributed by atoms with E-state index in [0.29, 0.717) is 22.1 Å². The predicted octanol–water partition coefficient (Wildman–Crippen LogP) is 3.04. The van der Waals surface area contributed by atoms with Crippen LogP contribution in [0.25, 0.3) is 5.65 Å². The van der Waals surface area contributed by atoms with E-state index in [0.717, 1.165) is 18.8 Å². The zero-order valence-corrected chi connectivity index (χ0v) is 18.5. The summed E-state index contributed by atoms with van der Waals surface area (Å²) in [6.45, 7) is 2.16. The molecule has 0 spiro atoms. The highest BCUT2D eigenvalue weighted by atomic mass is 35.5. The summed E-state index contributed by atoms with van der Waals surface area (Å²) in [7, 11) is -3.82. The fourth-order valence-electron chi connectivity index (χ4n) is 3.62. The van der Waals surface area contributed by atoms with Gasteiger partial charge in [0.2, 0.25) is 15.9 Å². The Hall–Kier alpha value is -2.78. The second-order valence-corrected chi connectivity index (χ2v) is 9.74. The van der Waals surface area contributed by atoms with Crippen LogP contribution in [-0.2, 0) is 21.4 Å². The number of nitrogens with one attached hydrogen (secondary N) is 2. The number of aromatic nitrogens is 2. The van der Waals surface area contributed by atoms with Crippen LogP contribution in [0.3, 0.4) is 0 Å². The molecule has 1 aliphatic rings. The van der Waals surface area contributed by atoms with E-state index >= 15 is 0 Å². The molecule has 8 nitrogen and oxygen atoms in total. The highest BCUT2D eigenvalue weighted by molar-refractivity contribution is 7.93. The summed E-state index contributed by atoms with van der Waals surface area (Å²) in [4.78, 5) is 18.8. The molecule has 0 aliphatic carbocycles. The third kappa shape index (κ3) is 5.68. The van der Waals surface area contributed by atoms with Gasteiger partial charge in [0.15, 0.2) is 0 Å². The molecular weight excluding hydrogens is 438 g/mol. The van der Waals surface area contributed by atoms with Crippen LogP contribution < -0.4 is 14.9 Å². The Morgan fingerprint density at radius 3 is 2.52 bits per heavy atom. The molecule has 2 aromatic heterocycles. The van der Waals surface area contributed by atoms with Crippen molar-refractivity contribution in [2.75, 3.05) is 28.5 Å². The maximum absolute atomic E-state index is 12.4.